The summed E-state index contributed by atoms with van der Waals surface area (Å²) in [5.74, 6) is -0.307. The van der Waals surface area contributed by atoms with Crippen molar-refractivity contribution in [3.8, 4) is 5.75 Å². The van der Waals surface area contributed by atoms with E-state index in [1.807, 2.05) is 0 Å². The molecule has 3 rings (SSSR count). The van der Waals surface area contributed by atoms with Gasteiger partial charge in [0.25, 0.3) is 5.91 Å². The van der Waals surface area contributed by atoms with E-state index in [0.717, 1.165) is 11.8 Å². The summed E-state index contributed by atoms with van der Waals surface area (Å²) in [5, 5.41) is 0. The SMILES string of the molecule is CN(Cc1nccn1C(F)F)C(=O)c1ccccc1OCc1ccc(F)cc1. The third kappa shape index (κ3) is 4.51. The molecule has 1 heterocycles. The van der Waals surface area contributed by atoms with Crippen molar-refractivity contribution >= 4 is 5.91 Å². The highest BCUT2D eigenvalue weighted by Gasteiger charge is 2.20. The lowest BCUT2D eigenvalue weighted by Gasteiger charge is -2.19. The average molecular weight is 389 g/mol. The van der Waals surface area contributed by atoms with Gasteiger partial charge in [-0.2, -0.15) is 8.78 Å². The fourth-order valence-electron chi connectivity index (χ4n) is 2.64. The molecule has 5 nitrogen and oxygen atoms in total. The average Bonchev–Trinajstić information content (AvgIpc) is 3.15. The Labute approximate surface area is 160 Å². The Morgan fingerprint density at radius 2 is 1.89 bits per heavy atom. The van der Waals surface area contributed by atoms with Crippen LogP contribution >= 0.6 is 0 Å². The van der Waals surface area contributed by atoms with Gasteiger partial charge < -0.3 is 9.64 Å². The predicted molar refractivity (Wildman–Crippen MR) is 96.5 cm³/mol. The number of carbonyl (C=O) groups excluding carboxylic acids is 1. The monoisotopic (exact) mass is 389 g/mol. The topological polar surface area (TPSA) is 47.4 Å². The zero-order valence-corrected chi connectivity index (χ0v) is 15.1. The molecule has 1 amide bonds. The molecule has 3 aromatic rings. The first kappa shape index (κ1) is 19.5. The number of carbonyl (C=O) groups is 1. The van der Waals surface area contributed by atoms with Gasteiger partial charge in [0, 0.05) is 19.4 Å². The summed E-state index contributed by atoms with van der Waals surface area (Å²) in [6.07, 6.45) is 2.43. The van der Waals surface area contributed by atoms with Crippen LogP contribution in [0.4, 0.5) is 13.2 Å². The van der Waals surface area contributed by atoms with Crippen LogP contribution in [0.3, 0.4) is 0 Å². The number of hydrogen-bond acceptors (Lipinski definition) is 3. The van der Waals surface area contributed by atoms with Crippen LogP contribution in [0.25, 0.3) is 0 Å². The van der Waals surface area contributed by atoms with E-state index in [1.165, 1.54) is 30.3 Å². The number of benzene rings is 2. The number of alkyl halides is 2. The van der Waals surface area contributed by atoms with Gasteiger partial charge in [0.2, 0.25) is 0 Å². The Morgan fingerprint density at radius 1 is 1.18 bits per heavy atom. The van der Waals surface area contributed by atoms with Crippen LogP contribution in [0.2, 0.25) is 0 Å². The lowest BCUT2D eigenvalue weighted by molar-refractivity contribution is 0.0611. The van der Waals surface area contributed by atoms with Crippen LogP contribution in [-0.2, 0) is 13.2 Å². The lowest BCUT2D eigenvalue weighted by Crippen LogP contribution is -2.28. The Balaban J connectivity index is 1.72. The predicted octanol–water partition coefficient (Wildman–Crippen LogP) is 4.27. The molecule has 0 aliphatic carbocycles. The molecule has 0 saturated heterocycles. The molecule has 0 N–H and O–H groups in total. The van der Waals surface area contributed by atoms with Crippen molar-refractivity contribution in [3.63, 3.8) is 0 Å². The van der Waals surface area contributed by atoms with E-state index in [-0.39, 0.29) is 24.8 Å². The third-order valence-electron chi connectivity index (χ3n) is 4.11. The standard InChI is InChI=1S/C20H18F3N3O2/c1-25(12-18-24-10-11-26(18)20(22)23)19(27)16-4-2-3-5-17(16)28-13-14-6-8-15(21)9-7-14/h2-11,20H,12-13H2,1H3. The minimum atomic E-state index is -2.73. The maximum Gasteiger partial charge on any atom is 0.319 e. The van der Waals surface area contributed by atoms with Crippen molar-refractivity contribution in [1.82, 2.24) is 14.5 Å². The Morgan fingerprint density at radius 3 is 2.61 bits per heavy atom. The zero-order valence-electron chi connectivity index (χ0n) is 15.1. The van der Waals surface area contributed by atoms with Gasteiger partial charge in [-0.15, -0.1) is 0 Å². The second-order valence-electron chi connectivity index (χ2n) is 6.10. The maximum atomic E-state index is 13.0. The summed E-state index contributed by atoms with van der Waals surface area (Å²) in [4.78, 5) is 18.0. The van der Waals surface area contributed by atoms with Crippen molar-refractivity contribution in [2.45, 2.75) is 19.7 Å². The number of hydrogen-bond donors (Lipinski definition) is 0. The minimum absolute atomic E-state index is 0.0792. The summed E-state index contributed by atoms with van der Waals surface area (Å²) in [6.45, 7) is -2.65. The number of para-hydroxylation sites is 1. The molecule has 0 aliphatic rings. The maximum absolute atomic E-state index is 13.0. The molecule has 0 radical (unpaired) electrons. The Bertz CT molecular complexity index is 942. The van der Waals surface area contributed by atoms with Crippen LogP contribution in [0.5, 0.6) is 5.75 Å². The highest BCUT2D eigenvalue weighted by Crippen LogP contribution is 2.22. The lowest BCUT2D eigenvalue weighted by atomic mass is 10.1. The molecule has 2 aromatic carbocycles. The molecular formula is C20H18F3N3O2. The first-order valence-electron chi connectivity index (χ1n) is 8.47. The van der Waals surface area contributed by atoms with Gasteiger partial charge in [0.15, 0.2) is 0 Å². The summed E-state index contributed by atoms with van der Waals surface area (Å²) in [7, 11) is 1.50. The number of imidazole rings is 1. The van der Waals surface area contributed by atoms with E-state index < -0.39 is 12.5 Å². The largest absolute Gasteiger partial charge is 0.488 e. The quantitative estimate of drug-likeness (QED) is 0.606. The first-order chi connectivity index (χ1) is 13.5. The van der Waals surface area contributed by atoms with Crippen molar-refractivity contribution in [1.29, 1.82) is 0 Å². The van der Waals surface area contributed by atoms with Gasteiger partial charge >= 0.3 is 6.55 Å². The summed E-state index contributed by atoms with van der Waals surface area (Å²) >= 11 is 0. The summed E-state index contributed by atoms with van der Waals surface area (Å²) in [6, 6.07) is 12.5. The fourth-order valence-corrected chi connectivity index (χ4v) is 2.64. The first-order valence-corrected chi connectivity index (χ1v) is 8.47. The van der Waals surface area contributed by atoms with E-state index in [1.54, 1.807) is 36.4 Å². The van der Waals surface area contributed by atoms with Crippen LogP contribution in [0.15, 0.2) is 60.9 Å². The fraction of sp³-hybridized carbons (Fsp3) is 0.200. The minimum Gasteiger partial charge on any atom is -0.488 e. The van der Waals surface area contributed by atoms with Gasteiger partial charge in [-0.3, -0.25) is 9.36 Å². The highest BCUT2D eigenvalue weighted by atomic mass is 19.3. The van der Waals surface area contributed by atoms with Gasteiger partial charge in [-0.25, -0.2) is 9.37 Å². The van der Waals surface area contributed by atoms with Gasteiger partial charge in [0.05, 0.1) is 12.1 Å². The molecule has 0 aliphatic heterocycles. The zero-order chi connectivity index (χ0) is 20.1. The van der Waals surface area contributed by atoms with Crippen molar-refractivity contribution in [2.24, 2.45) is 0 Å². The van der Waals surface area contributed by atoms with E-state index in [0.29, 0.717) is 15.9 Å². The van der Waals surface area contributed by atoms with Gasteiger partial charge in [-0.1, -0.05) is 24.3 Å². The summed E-state index contributed by atoms with van der Waals surface area (Å²) < 4.78 is 45.4. The molecule has 0 spiro atoms. The molecule has 0 fully saturated rings. The highest BCUT2D eigenvalue weighted by molar-refractivity contribution is 5.96. The number of ether oxygens (including phenoxy) is 1. The van der Waals surface area contributed by atoms with Gasteiger partial charge in [0.1, 0.15) is 24.0 Å². The van der Waals surface area contributed by atoms with Gasteiger partial charge in [-0.05, 0) is 29.8 Å². The van der Waals surface area contributed by atoms with E-state index in [9.17, 15) is 18.0 Å². The van der Waals surface area contributed by atoms with Crippen molar-refractivity contribution in [3.05, 3.63) is 83.7 Å². The van der Waals surface area contributed by atoms with Crippen LogP contribution in [0, 0.1) is 5.82 Å². The number of amides is 1. The molecule has 146 valence electrons. The molecule has 8 heteroatoms. The normalized spacial score (nSPS) is 10.9. The van der Waals surface area contributed by atoms with E-state index in [4.69, 9.17) is 4.74 Å². The second-order valence-corrected chi connectivity index (χ2v) is 6.10. The van der Waals surface area contributed by atoms with Crippen LogP contribution in [0.1, 0.15) is 28.3 Å². The molecular weight excluding hydrogens is 371 g/mol. The van der Waals surface area contributed by atoms with E-state index >= 15 is 0 Å². The second kappa shape index (κ2) is 8.60. The molecule has 28 heavy (non-hydrogen) atoms. The van der Waals surface area contributed by atoms with E-state index in [2.05, 4.69) is 4.98 Å². The number of aromatic nitrogens is 2. The smallest absolute Gasteiger partial charge is 0.319 e. The Kier molecular flexibility index (Phi) is 5.98. The third-order valence-corrected chi connectivity index (χ3v) is 4.11. The Hall–Kier alpha value is -3.29. The number of nitrogens with zero attached hydrogens (tertiary/aromatic N) is 3. The number of rotatable bonds is 7. The molecule has 1 aromatic heterocycles. The molecule has 0 saturated carbocycles. The molecule has 0 bridgehead atoms. The summed E-state index contributed by atoms with van der Waals surface area (Å²) in [5.41, 5.74) is 1.04. The van der Waals surface area contributed by atoms with Crippen LogP contribution in [-0.4, -0.2) is 27.4 Å². The number of halogens is 3. The van der Waals surface area contributed by atoms with Crippen molar-refractivity contribution < 1.29 is 22.7 Å². The molecule has 0 atom stereocenters. The molecule has 0 unspecified atom stereocenters. The van der Waals surface area contributed by atoms with Crippen LogP contribution < -0.4 is 4.74 Å². The van der Waals surface area contributed by atoms with Crippen molar-refractivity contribution in [2.75, 3.05) is 7.05 Å².